The van der Waals surface area contributed by atoms with Gasteiger partial charge in [-0.25, -0.2) is 4.98 Å². The van der Waals surface area contributed by atoms with Crippen LogP contribution in [-0.4, -0.2) is 9.55 Å². The first-order valence-electron chi connectivity index (χ1n) is 7.30. The van der Waals surface area contributed by atoms with Gasteiger partial charge in [0.25, 0.3) is 0 Å². The first-order chi connectivity index (χ1) is 9.09. The van der Waals surface area contributed by atoms with Crippen LogP contribution in [0.2, 0.25) is 0 Å². The van der Waals surface area contributed by atoms with Gasteiger partial charge in [-0.1, -0.05) is 38.3 Å². The lowest BCUT2D eigenvalue weighted by Crippen LogP contribution is -2.26. The number of hydrogen-bond donors (Lipinski definition) is 1. The molecule has 0 saturated heterocycles. The summed E-state index contributed by atoms with van der Waals surface area (Å²) in [5.41, 5.74) is 10.0. The smallest absolute Gasteiger partial charge is 0.201 e. The highest BCUT2D eigenvalue weighted by Crippen LogP contribution is 2.38. The van der Waals surface area contributed by atoms with Gasteiger partial charge in [0.1, 0.15) is 0 Å². The van der Waals surface area contributed by atoms with Gasteiger partial charge in [-0.2, -0.15) is 0 Å². The van der Waals surface area contributed by atoms with Gasteiger partial charge in [-0.05, 0) is 36.8 Å². The molecule has 1 aromatic carbocycles. The fourth-order valence-electron chi connectivity index (χ4n) is 3.49. The normalized spacial score (nSPS) is 18.8. The van der Waals surface area contributed by atoms with Crippen LogP contribution in [0, 0.1) is 12.3 Å². The Kier molecular flexibility index (Phi) is 3.00. The van der Waals surface area contributed by atoms with Crippen LogP contribution < -0.4 is 5.73 Å². The third-order valence-electron chi connectivity index (χ3n) is 4.60. The first-order valence-corrected chi connectivity index (χ1v) is 7.30. The highest BCUT2D eigenvalue weighted by Gasteiger charge is 2.28. The zero-order valence-electron chi connectivity index (χ0n) is 11.9. The minimum Gasteiger partial charge on any atom is -0.369 e. The standard InChI is InChI=1S/C16H23N3/c1-12-7-6-8-13-14(12)19(15(17)18-13)11-16(2)9-4-3-5-10-16/h6-8H,3-5,9-11H2,1-2H3,(H2,17,18). The second-order valence-corrected chi connectivity index (χ2v) is 6.37. The lowest BCUT2D eigenvalue weighted by atomic mass is 9.75. The second kappa shape index (κ2) is 4.55. The van der Waals surface area contributed by atoms with Gasteiger partial charge >= 0.3 is 0 Å². The molecule has 2 aromatic rings. The van der Waals surface area contributed by atoms with Gasteiger partial charge in [0.2, 0.25) is 5.95 Å². The molecule has 1 aromatic heterocycles. The van der Waals surface area contributed by atoms with Gasteiger partial charge in [-0.3, -0.25) is 0 Å². The molecule has 0 spiro atoms. The van der Waals surface area contributed by atoms with Crippen molar-refractivity contribution in [3.8, 4) is 0 Å². The molecular formula is C16H23N3. The molecule has 1 heterocycles. The third-order valence-corrected chi connectivity index (χ3v) is 4.60. The monoisotopic (exact) mass is 257 g/mol. The van der Waals surface area contributed by atoms with Crippen LogP contribution in [0.4, 0.5) is 5.95 Å². The van der Waals surface area contributed by atoms with E-state index in [2.05, 4.69) is 41.6 Å². The summed E-state index contributed by atoms with van der Waals surface area (Å²) >= 11 is 0. The number of benzene rings is 1. The molecule has 1 aliphatic carbocycles. The van der Waals surface area contributed by atoms with E-state index in [4.69, 9.17) is 5.73 Å². The van der Waals surface area contributed by atoms with E-state index in [1.807, 2.05) is 0 Å². The Morgan fingerprint density at radius 3 is 2.74 bits per heavy atom. The molecule has 0 bridgehead atoms. The number of imidazole rings is 1. The molecule has 102 valence electrons. The number of fused-ring (bicyclic) bond motifs is 1. The molecule has 0 aliphatic heterocycles. The molecule has 2 N–H and O–H groups in total. The van der Waals surface area contributed by atoms with Crippen LogP contribution in [0.25, 0.3) is 11.0 Å². The quantitative estimate of drug-likeness (QED) is 0.886. The molecule has 19 heavy (non-hydrogen) atoms. The number of hydrogen-bond acceptors (Lipinski definition) is 2. The zero-order chi connectivity index (χ0) is 13.5. The molecule has 1 saturated carbocycles. The fraction of sp³-hybridized carbons (Fsp3) is 0.562. The largest absolute Gasteiger partial charge is 0.369 e. The number of para-hydroxylation sites is 1. The van der Waals surface area contributed by atoms with Crippen molar-refractivity contribution in [3.63, 3.8) is 0 Å². The van der Waals surface area contributed by atoms with Crippen LogP contribution >= 0.6 is 0 Å². The van der Waals surface area contributed by atoms with Crippen LogP contribution in [0.5, 0.6) is 0 Å². The maximum absolute atomic E-state index is 6.15. The van der Waals surface area contributed by atoms with Crippen LogP contribution in [0.3, 0.4) is 0 Å². The Hall–Kier alpha value is -1.51. The maximum atomic E-state index is 6.15. The Balaban J connectivity index is 2.02. The summed E-state index contributed by atoms with van der Waals surface area (Å²) in [4.78, 5) is 4.51. The Morgan fingerprint density at radius 2 is 2.00 bits per heavy atom. The van der Waals surface area contributed by atoms with E-state index in [0.717, 1.165) is 12.1 Å². The number of rotatable bonds is 2. The zero-order valence-corrected chi connectivity index (χ0v) is 11.9. The predicted molar refractivity (Wildman–Crippen MR) is 80.1 cm³/mol. The molecule has 0 unspecified atom stereocenters. The van der Waals surface area contributed by atoms with Crippen molar-refractivity contribution in [2.75, 3.05) is 5.73 Å². The van der Waals surface area contributed by atoms with Gasteiger partial charge in [0.15, 0.2) is 0 Å². The lowest BCUT2D eigenvalue weighted by Gasteiger charge is -2.34. The number of nitrogens with two attached hydrogens (primary N) is 1. The molecule has 0 radical (unpaired) electrons. The first kappa shape index (κ1) is 12.5. The van der Waals surface area contributed by atoms with E-state index < -0.39 is 0 Å². The molecule has 1 fully saturated rings. The fourth-order valence-corrected chi connectivity index (χ4v) is 3.49. The summed E-state index contributed by atoms with van der Waals surface area (Å²) in [6.45, 7) is 5.54. The van der Waals surface area contributed by atoms with Crippen LogP contribution in [0.1, 0.15) is 44.6 Å². The van der Waals surface area contributed by atoms with Gasteiger partial charge in [-0.15, -0.1) is 0 Å². The number of nitrogen functional groups attached to an aromatic ring is 1. The van der Waals surface area contributed by atoms with Crippen molar-refractivity contribution < 1.29 is 0 Å². The Labute approximate surface area is 114 Å². The van der Waals surface area contributed by atoms with E-state index in [1.54, 1.807) is 0 Å². The topological polar surface area (TPSA) is 43.8 Å². The number of nitrogens with zero attached hydrogens (tertiary/aromatic N) is 2. The van der Waals surface area contributed by atoms with Gasteiger partial charge < -0.3 is 10.3 Å². The average molecular weight is 257 g/mol. The van der Waals surface area contributed by atoms with Crippen molar-refractivity contribution in [1.29, 1.82) is 0 Å². The highest BCUT2D eigenvalue weighted by atomic mass is 15.2. The molecule has 3 heteroatoms. The van der Waals surface area contributed by atoms with E-state index in [1.165, 1.54) is 43.2 Å². The minimum atomic E-state index is 0.377. The molecule has 3 nitrogen and oxygen atoms in total. The number of anilines is 1. The SMILES string of the molecule is Cc1cccc2nc(N)n(CC3(C)CCCCC3)c12. The van der Waals surface area contributed by atoms with Crippen molar-refractivity contribution >= 4 is 17.0 Å². The number of aryl methyl sites for hydroxylation is 1. The summed E-state index contributed by atoms with van der Waals surface area (Å²) in [5, 5.41) is 0. The number of aromatic nitrogens is 2. The summed E-state index contributed by atoms with van der Waals surface area (Å²) < 4.78 is 2.23. The van der Waals surface area contributed by atoms with Crippen LogP contribution in [-0.2, 0) is 6.54 Å². The molecule has 0 amide bonds. The lowest BCUT2D eigenvalue weighted by molar-refractivity contribution is 0.186. The second-order valence-electron chi connectivity index (χ2n) is 6.37. The van der Waals surface area contributed by atoms with Crippen molar-refractivity contribution in [1.82, 2.24) is 9.55 Å². The third kappa shape index (κ3) is 2.22. The average Bonchev–Trinajstić information content (AvgIpc) is 2.68. The molecule has 1 aliphatic rings. The summed E-state index contributed by atoms with van der Waals surface area (Å²) in [6.07, 6.45) is 6.69. The molecular weight excluding hydrogens is 234 g/mol. The van der Waals surface area contributed by atoms with Crippen molar-refractivity contribution in [2.24, 2.45) is 5.41 Å². The molecule has 0 atom stereocenters. The summed E-state index contributed by atoms with van der Waals surface area (Å²) in [7, 11) is 0. The Morgan fingerprint density at radius 1 is 1.26 bits per heavy atom. The highest BCUT2D eigenvalue weighted by molar-refractivity contribution is 5.81. The van der Waals surface area contributed by atoms with Gasteiger partial charge in [0, 0.05) is 6.54 Å². The summed E-state index contributed by atoms with van der Waals surface area (Å²) in [6, 6.07) is 6.25. The van der Waals surface area contributed by atoms with Crippen molar-refractivity contribution in [2.45, 2.75) is 52.5 Å². The minimum absolute atomic E-state index is 0.377. The van der Waals surface area contributed by atoms with Gasteiger partial charge in [0.05, 0.1) is 11.0 Å². The molecule has 3 rings (SSSR count). The van der Waals surface area contributed by atoms with E-state index >= 15 is 0 Å². The Bertz CT molecular complexity index is 591. The maximum Gasteiger partial charge on any atom is 0.201 e. The van der Waals surface area contributed by atoms with E-state index in [0.29, 0.717) is 11.4 Å². The van der Waals surface area contributed by atoms with Crippen LogP contribution in [0.15, 0.2) is 18.2 Å². The summed E-state index contributed by atoms with van der Waals surface area (Å²) in [5.74, 6) is 0.663. The van der Waals surface area contributed by atoms with E-state index in [9.17, 15) is 0 Å². The predicted octanol–water partition coefficient (Wildman–Crippen LogP) is 3.90. The van der Waals surface area contributed by atoms with E-state index in [-0.39, 0.29) is 0 Å². The van der Waals surface area contributed by atoms with Crippen molar-refractivity contribution in [3.05, 3.63) is 23.8 Å².